The van der Waals surface area contributed by atoms with Gasteiger partial charge in [-0.25, -0.2) is 0 Å². The monoisotopic (exact) mass is 189 g/mol. The number of unbranched alkanes of at least 4 members (excludes halogenated alkanes) is 1. The molecule has 1 aromatic rings. The first-order chi connectivity index (χ1) is 6.92. The number of carbonyl (C=O) groups excluding carboxylic acids is 1. The molecule has 0 bridgehead atoms. The van der Waals surface area contributed by atoms with Gasteiger partial charge in [0, 0.05) is 25.2 Å². The van der Waals surface area contributed by atoms with Crippen LogP contribution in [0.3, 0.4) is 0 Å². The summed E-state index contributed by atoms with van der Waals surface area (Å²) in [6, 6.07) is 8.53. The zero-order chi connectivity index (χ0) is 9.80. The lowest BCUT2D eigenvalue weighted by Crippen LogP contribution is -2.21. The minimum Gasteiger partial charge on any atom is -0.371 e. The highest BCUT2D eigenvalue weighted by Crippen LogP contribution is 2.27. The SMILES string of the molecule is O=CCCCN1CCc2ccccc21. The predicted octanol–water partition coefficient (Wildman–Crippen LogP) is 2.03. The van der Waals surface area contributed by atoms with Crippen LogP contribution in [0.2, 0.25) is 0 Å². The normalized spacial score (nSPS) is 14.1. The van der Waals surface area contributed by atoms with E-state index in [1.54, 1.807) is 0 Å². The van der Waals surface area contributed by atoms with Gasteiger partial charge in [-0.15, -0.1) is 0 Å². The van der Waals surface area contributed by atoms with Crippen molar-refractivity contribution in [3.8, 4) is 0 Å². The maximum atomic E-state index is 10.2. The maximum absolute atomic E-state index is 10.2. The number of benzene rings is 1. The molecule has 0 saturated carbocycles. The van der Waals surface area contributed by atoms with Crippen LogP contribution in [0.4, 0.5) is 5.69 Å². The van der Waals surface area contributed by atoms with Crippen molar-refractivity contribution in [1.82, 2.24) is 0 Å². The summed E-state index contributed by atoms with van der Waals surface area (Å²) in [5, 5.41) is 0. The second kappa shape index (κ2) is 4.27. The van der Waals surface area contributed by atoms with Gasteiger partial charge in [-0.05, 0) is 24.5 Å². The average molecular weight is 189 g/mol. The van der Waals surface area contributed by atoms with Crippen LogP contribution >= 0.6 is 0 Å². The Kier molecular flexibility index (Phi) is 2.82. The van der Waals surface area contributed by atoms with Crippen molar-refractivity contribution < 1.29 is 4.79 Å². The highest BCUT2D eigenvalue weighted by molar-refractivity contribution is 5.58. The Labute approximate surface area is 84.5 Å². The molecule has 0 N–H and O–H groups in total. The van der Waals surface area contributed by atoms with Gasteiger partial charge in [-0.2, -0.15) is 0 Å². The number of aldehydes is 1. The zero-order valence-corrected chi connectivity index (χ0v) is 8.28. The quantitative estimate of drug-likeness (QED) is 0.533. The molecule has 74 valence electrons. The van der Waals surface area contributed by atoms with Crippen LogP contribution in [0.1, 0.15) is 18.4 Å². The minimum absolute atomic E-state index is 0.679. The third-order valence-electron chi connectivity index (χ3n) is 2.73. The molecule has 0 amide bonds. The molecule has 0 aromatic heterocycles. The van der Waals surface area contributed by atoms with E-state index in [0.29, 0.717) is 6.42 Å². The number of rotatable bonds is 4. The Morgan fingerprint density at radius 2 is 2.21 bits per heavy atom. The van der Waals surface area contributed by atoms with E-state index >= 15 is 0 Å². The second-order valence-electron chi connectivity index (χ2n) is 3.67. The van der Waals surface area contributed by atoms with Crippen molar-refractivity contribution in [1.29, 1.82) is 0 Å². The van der Waals surface area contributed by atoms with Crippen LogP contribution in [0, 0.1) is 0 Å². The van der Waals surface area contributed by atoms with Gasteiger partial charge < -0.3 is 9.69 Å². The Morgan fingerprint density at radius 1 is 1.36 bits per heavy atom. The largest absolute Gasteiger partial charge is 0.371 e. The van der Waals surface area contributed by atoms with Gasteiger partial charge in [-0.1, -0.05) is 18.2 Å². The van der Waals surface area contributed by atoms with E-state index in [2.05, 4.69) is 29.2 Å². The number of nitrogens with zero attached hydrogens (tertiary/aromatic N) is 1. The van der Waals surface area contributed by atoms with Crippen LogP contribution in [0.15, 0.2) is 24.3 Å². The predicted molar refractivity (Wildman–Crippen MR) is 57.7 cm³/mol. The number of anilines is 1. The summed E-state index contributed by atoms with van der Waals surface area (Å²) in [6.45, 7) is 2.12. The van der Waals surface area contributed by atoms with Gasteiger partial charge in [0.15, 0.2) is 0 Å². The Morgan fingerprint density at radius 3 is 3.07 bits per heavy atom. The molecule has 2 rings (SSSR count). The molecule has 1 aliphatic rings. The lowest BCUT2D eigenvalue weighted by Gasteiger charge is -2.18. The first-order valence-electron chi connectivity index (χ1n) is 5.18. The lowest BCUT2D eigenvalue weighted by molar-refractivity contribution is -0.107. The molecule has 2 nitrogen and oxygen atoms in total. The smallest absolute Gasteiger partial charge is 0.120 e. The van der Waals surface area contributed by atoms with Gasteiger partial charge in [0.1, 0.15) is 6.29 Å². The van der Waals surface area contributed by atoms with Crippen LogP contribution in [-0.2, 0) is 11.2 Å². The number of para-hydroxylation sites is 1. The summed E-state index contributed by atoms with van der Waals surface area (Å²) in [5.74, 6) is 0. The molecule has 0 fully saturated rings. The molecule has 0 unspecified atom stereocenters. The summed E-state index contributed by atoms with van der Waals surface area (Å²) in [6.07, 6.45) is 3.80. The fraction of sp³-hybridized carbons (Fsp3) is 0.417. The third-order valence-corrected chi connectivity index (χ3v) is 2.73. The molecule has 0 saturated heterocycles. The molecule has 14 heavy (non-hydrogen) atoms. The van der Waals surface area contributed by atoms with E-state index in [9.17, 15) is 4.79 Å². The summed E-state index contributed by atoms with van der Waals surface area (Å²) in [5.41, 5.74) is 2.80. The first-order valence-corrected chi connectivity index (χ1v) is 5.18. The molecule has 1 aliphatic heterocycles. The van der Waals surface area contributed by atoms with E-state index < -0.39 is 0 Å². The highest BCUT2D eigenvalue weighted by Gasteiger charge is 2.16. The number of hydrogen-bond donors (Lipinski definition) is 0. The zero-order valence-electron chi connectivity index (χ0n) is 8.28. The summed E-state index contributed by atoms with van der Waals surface area (Å²) < 4.78 is 0. The summed E-state index contributed by atoms with van der Waals surface area (Å²) >= 11 is 0. The van der Waals surface area contributed by atoms with E-state index in [1.165, 1.54) is 11.3 Å². The van der Waals surface area contributed by atoms with Crippen LogP contribution < -0.4 is 4.90 Å². The minimum atomic E-state index is 0.679. The molecule has 1 aromatic carbocycles. The van der Waals surface area contributed by atoms with Gasteiger partial charge in [0.05, 0.1) is 0 Å². The molecular weight excluding hydrogens is 174 g/mol. The maximum Gasteiger partial charge on any atom is 0.120 e. The molecule has 0 radical (unpaired) electrons. The van der Waals surface area contributed by atoms with Crippen molar-refractivity contribution in [3.05, 3.63) is 29.8 Å². The van der Waals surface area contributed by atoms with Gasteiger partial charge in [-0.3, -0.25) is 0 Å². The summed E-state index contributed by atoms with van der Waals surface area (Å²) in [7, 11) is 0. The average Bonchev–Trinajstić information content (AvgIpc) is 2.63. The van der Waals surface area contributed by atoms with Crippen molar-refractivity contribution in [2.75, 3.05) is 18.0 Å². The van der Waals surface area contributed by atoms with Crippen LogP contribution in [0.25, 0.3) is 0 Å². The number of hydrogen-bond acceptors (Lipinski definition) is 2. The molecule has 2 heteroatoms. The van der Waals surface area contributed by atoms with Crippen molar-refractivity contribution in [3.63, 3.8) is 0 Å². The van der Waals surface area contributed by atoms with E-state index in [-0.39, 0.29) is 0 Å². The highest BCUT2D eigenvalue weighted by atomic mass is 16.1. The molecule has 1 heterocycles. The molecule has 0 atom stereocenters. The van der Waals surface area contributed by atoms with E-state index in [0.717, 1.165) is 32.2 Å². The fourth-order valence-electron chi connectivity index (χ4n) is 2.00. The second-order valence-corrected chi connectivity index (χ2v) is 3.67. The Bertz CT molecular complexity index is 322. The van der Waals surface area contributed by atoms with E-state index in [4.69, 9.17) is 0 Å². The standard InChI is InChI=1S/C12H15NO/c14-10-4-3-8-13-9-7-11-5-1-2-6-12(11)13/h1-2,5-6,10H,3-4,7-9H2. The van der Waals surface area contributed by atoms with Crippen molar-refractivity contribution >= 4 is 12.0 Å². The first kappa shape index (κ1) is 9.25. The Hall–Kier alpha value is -1.31. The van der Waals surface area contributed by atoms with Crippen molar-refractivity contribution in [2.45, 2.75) is 19.3 Å². The third kappa shape index (κ3) is 1.79. The molecule has 0 aliphatic carbocycles. The lowest BCUT2D eigenvalue weighted by atomic mass is 10.2. The fourth-order valence-corrected chi connectivity index (χ4v) is 2.00. The van der Waals surface area contributed by atoms with Gasteiger partial charge in [0.25, 0.3) is 0 Å². The number of fused-ring (bicyclic) bond motifs is 1. The summed E-state index contributed by atoms with van der Waals surface area (Å²) in [4.78, 5) is 12.6. The molecular formula is C12H15NO. The van der Waals surface area contributed by atoms with Crippen LogP contribution in [0.5, 0.6) is 0 Å². The van der Waals surface area contributed by atoms with Gasteiger partial charge in [0.2, 0.25) is 0 Å². The topological polar surface area (TPSA) is 20.3 Å². The number of carbonyl (C=O) groups is 1. The molecule has 0 spiro atoms. The van der Waals surface area contributed by atoms with E-state index in [1.807, 2.05) is 0 Å². The van der Waals surface area contributed by atoms with Crippen molar-refractivity contribution in [2.24, 2.45) is 0 Å². The Balaban J connectivity index is 1.99. The van der Waals surface area contributed by atoms with Crippen LogP contribution in [-0.4, -0.2) is 19.4 Å². The van der Waals surface area contributed by atoms with Gasteiger partial charge >= 0.3 is 0 Å².